The lowest BCUT2D eigenvalue weighted by Crippen LogP contribution is -2.29. The van der Waals surface area contributed by atoms with E-state index >= 15 is 0 Å². The summed E-state index contributed by atoms with van der Waals surface area (Å²) in [7, 11) is 0. The van der Waals surface area contributed by atoms with Gasteiger partial charge in [0.05, 0.1) is 0 Å². The molecule has 16 heavy (non-hydrogen) atoms. The number of aryl methyl sites for hydroxylation is 1. The fraction of sp³-hybridized carbons (Fsp3) is 0.571. The molecule has 0 aliphatic heterocycles. The fourth-order valence-corrected chi connectivity index (χ4v) is 2.61. The van der Waals surface area contributed by atoms with Gasteiger partial charge < -0.3 is 0 Å². The van der Waals surface area contributed by atoms with Crippen LogP contribution in [0.1, 0.15) is 43.2 Å². The Hall–Kier alpha value is -0.920. The molecule has 0 saturated heterocycles. The highest BCUT2D eigenvalue weighted by Crippen LogP contribution is 2.44. The minimum atomic E-state index is -2.47. The molecule has 0 bridgehead atoms. The normalized spacial score (nSPS) is 29.0. The van der Waals surface area contributed by atoms with Crippen LogP contribution in [0.15, 0.2) is 24.3 Å². The predicted molar refractivity (Wildman–Crippen MR) is 61.9 cm³/mol. The Morgan fingerprint density at radius 3 is 2.75 bits per heavy atom. The van der Waals surface area contributed by atoms with Crippen molar-refractivity contribution in [2.75, 3.05) is 0 Å². The third-order valence-corrected chi connectivity index (χ3v) is 3.64. The number of hydrogen-bond donors (Lipinski definition) is 0. The van der Waals surface area contributed by atoms with Gasteiger partial charge in [0.15, 0.2) is 0 Å². The summed E-state index contributed by atoms with van der Waals surface area (Å²) in [5.41, 5.74) is 2.23. The zero-order valence-corrected chi connectivity index (χ0v) is 9.84. The number of halogens is 2. The molecule has 1 aliphatic carbocycles. The maximum absolute atomic E-state index is 13.4. The van der Waals surface area contributed by atoms with Gasteiger partial charge in [-0.2, -0.15) is 0 Å². The van der Waals surface area contributed by atoms with Gasteiger partial charge in [0.1, 0.15) is 0 Å². The fourth-order valence-electron chi connectivity index (χ4n) is 2.61. The molecule has 0 radical (unpaired) electrons. The zero-order chi connectivity index (χ0) is 11.8. The van der Waals surface area contributed by atoms with Crippen LogP contribution >= 0.6 is 0 Å². The second-order valence-corrected chi connectivity index (χ2v) is 5.10. The van der Waals surface area contributed by atoms with Crippen LogP contribution in [0.5, 0.6) is 0 Å². The Morgan fingerprint density at radius 1 is 1.31 bits per heavy atom. The third-order valence-electron chi connectivity index (χ3n) is 3.64. The summed E-state index contributed by atoms with van der Waals surface area (Å²) in [4.78, 5) is 0. The van der Waals surface area contributed by atoms with Crippen molar-refractivity contribution in [3.63, 3.8) is 0 Å². The molecule has 2 rings (SSSR count). The molecule has 2 atom stereocenters. The van der Waals surface area contributed by atoms with Crippen LogP contribution in [-0.4, -0.2) is 5.92 Å². The number of rotatable bonds is 1. The first-order valence-electron chi connectivity index (χ1n) is 5.92. The van der Waals surface area contributed by atoms with E-state index in [1.807, 2.05) is 31.2 Å². The summed E-state index contributed by atoms with van der Waals surface area (Å²) < 4.78 is 26.8. The SMILES string of the molecule is Cc1cccc(C2CC(F)(F)CC[C@H]2C)c1. The second kappa shape index (κ2) is 4.15. The van der Waals surface area contributed by atoms with Crippen LogP contribution < -0.4 is 0 Å². The van der Waals surface area contributed by atoms with Crippen molar-refractivity contribution in [3.8, 4) is 0 Å². The summed E-state index contributed by atoms with van der Waals surface area (Å²) in [6, 6.07) is 8.00. The Labute approximate surface area is 95.7 Å². The van der Waals surface area contributed by atoms with Gasteiger partial charge in [-0.15, -0.1) is 0 Å². The minimum Gasteiger partial charge on any atom is -0.207 e. The number of hydrogen-bond acceptors (Lipinski definition) is 0. The number of alkyl halides is 2. The van der Waals surface area contributed by atoms with Gasteiger partial charge in [-0.1, -0.05) is 36.8 Å². The molecule has 0 N–H and O–H groups in total. The molecule has 88 valence electrons. The van der Waals surface area contributed by atoms with Gasteiger partial charge in [-0.25, -0.2) is 8.78 Å². The highest BCUT2D eigenvalue weighted by atomic mass is 19.3. The molecule has 1 aliphatic rings. The highest BCUT2D eigenvalue weighted by molar-refractivity contribution is 5.26. The first-order chi connectivity index (χ1) is 7.48. The van der Waals surface area contributed by atoms with Crippen LogP contribution in [-0.2, 0) is 0 Å². The standard InChI is InChI=1S/C14H18F2/c1-10-4-3-5-12(8-10)13-9-14(15,16)7-6-11(13)2/h3-5,8,11,13H,6-7,9H2,1-2H3/t11-,13?/m1/s1. The Balaban J connectivity index is 2.25. The van der Waals surface area contributed by atoms with Gasteiger partial charge >= 0.3 is 0 Å². The average Bonchev–Trinajstić information content (AvgIpc) is 2.22. The first kappa shape index (κ1) is 11.6. The molecule has 1 fully saturated rings. The molecule has 1 unspecified atom stereocenters. The van der Waals surface area contributed by atoms with Crippen molar-refractivity contribution in [1.82, 2.24) is 0 Å². The monoisotopic (exact) mass is 224 g/mol. The first-order valence-corrected chi connectivity index (χ1v) is 5.92. The molecule has 0 nitrogen and oxygen atoms in total. The van der Waals surface area contributed by atoms with Gasteiger partial charge in [0.25, 0.3) is 0 Å². The maximum Gasteiger partial charge on any atom is 0.248 e. The molecule has 0 spiro atoms. The van der Waals surface area contributed by atoms with E-state index < -0.39 is 5.92 Å². The third kappa shape index (κ3) is 2.42. The van der Waals surface area contributed by atoms with Crippen LogP contribution in [0.3, 0.4) is 0 Å². The molecule has 1 aromatic rings. The summed E-state index contributed by atoms with van der Waals surface area (Å²) in [6.45, 7) is 4.09. The van der Waals surface area contributed by atoms with Crippen molar-refractivity contribution < 1.29 is 8.78 Å². The molecule has 0 amide bonds. The van der Waals surface area contributed by atoms with Crippen molar-refractivity contribution in [2.45, 2.75) is 45.0 Å². The minimum absolute atomic E-state index is 0.0115. The molecule has 0 heterocycles. The van der Waals surface area contributed by atoms with Crippen LogP contribution in [0.2, 0.25) is 0 Å². The van der Waals surface area contributed by atoms with E-state index in [0.717, 1.165) is 11.1 Å². The summed E-state index contributed by atoms with van der Waals surface area (Å²) in [6.07, 6.45) is 0.694. The van der Waals surface area contributed by atoms with E-state index in [1.165, 1.54) is 0 Å². The van der Waals surface area contributed by atoms with Crippen molar-refractivity contribution in [2.24, 2.45) is 5.92 Å². The summed E-state index contributed by atoms with van der Waals surface area (Å²) in [5.74, 6) is -2.09. The largest absolute Gasteiger partial charge is 0.248 e. The molecule has 1 saturated carbocycles. The van der Waals surface area contributed by atoms with E-state index in [-0.39, 0.29) is 18.8 Å². The van der Waals surface area contributed by atoms with Gasteiger partial charge in [-0.05, 0) is 30.7 Å². The predicted octanol–water partition coefficient (Wildman–Crippen LogP) is 4.53. The lowest BCUT2D eigenvalue weighted by atomic mass is 9.74. The van der Waals surface area contributed by atoms with Gasteiger partial charge in [0.2, 0.25) is 5.92 Å². The molecule has 0 aromatic heterocycles. The van der Waals surface area contributed by atoms with Gasteiger partial charge in [0, 0.05) is 12.8 Å². The van der Waals surface area contributed by atoms with Crippen LogP contribution in [0, 0.1) is 12.8 Å². The van der Waals surface area contributed by atoms with Crippen LogP contribution in [0.4, 0.5) is 8.78 Å². The van der Waals surface area contributed by atoms with Crippen molar-refractivity contribution in [1.29, 1.82) is 0 Å². The van der Waals surface area contributed by atoms with E-state index in [1.54, 1.807) is 0 Å². The molecule has 1 aromatic carbocycles. The molecule has 2 heteroatoms. The van der Waals surface area contributed by atoms with Gasteiger partial charge in [-0.3, -0.25) is 0 Å². The molecular formula is C14H18F2. The molecular weight excluding hydrogens is 206 g/mol. The van der Waals surface area contributed by atoms with E-state index in [2.05, 4.69) is 6.92 Å². The van der Waals surface area contributed by atoms with Crippen molar-refractivity contribution >= 4 is 0 Å². The lowest BCUT2D eigenvalue weighted by Gasteiger charge is -2.34. The van der Waals surface area contributed by atoms with E-state index in [9.17, 15) is 8.78 Å². The number of benzene rings is 1. The summed E-state index contributed by atoms with van der Waals surface area (Å²) >= 11 is 0. The zero-order valence-electron chi connectivity index (χ0n) is 9.84. The smallest absolute Gasteiger partial charge is 0.207 e. The average molecular weight is 224 g/mol. The Bertz CT molecular complexity index is 371. The van der Waals surface area contributed by atoms with E-state index in [0.29, 0.717) is 12.3 Å². The van der Waals surface area contributed by atoms with Crippen LogP contribution in [0.25, 0.3) is 0 Å². The summed E-state index contributed by atoms with van der Waals surface area (Å²) in [5, 5.41) is 0. The highest BCUT2D eigenvalue weighted by Gasteiger charge is 2.40. The van der Waals surface area contributed by atoms with E-state index in [4.69, 9.17) is 0 Å². The van der Waals surface area contributed by atoms with Crippen molar-refractivity contribution in [3.05, 3.63) is 35.4 Å². The second-order valence-electron chi connectivity index (χ2n) is 5.10. The topological polar surface area (TPSA) is 0 Å². The Morgan fingerprint density at radius 2 is 2.06 bits per heavy atom. The quantitative estimate of drug-likeness (QED) is 0.657. The maximum atomic E-state index is 13.4. The lowest BCUT2D eigenvalue weighted by molar-refractivity contribution is -0.0525. The Kier molecular flexibility index (Phi) is 3.00.